The van der Waals surface area contributed by atoms with Gasteiger partial charge in [-0.3, -0.25) is 15.1 Å². The van der Waals surface area contributed by atoms with E-state index in [0.29, 0.717) is 37.4 Å². The third-order valence-corrected chi connectivity index (χ3v) is 6.46. The molecular weight excluding hydrogens is 392 g/mol. The number of carbonyl (C=O) groups excluding carboxylic acids is 1. The highest BCUT2D eigenvalue weighted by Crippen LogP contribution is 2.47. The molecule has 3 aliphatic rings. The van der Waals surface area contributed by atoms with Gasteiger partial charge in [0.05, 0.1) is 17.6 Å². The number of nitriles is 1. The number of aryl methyl sites for hydroxylation is 1. The summed E-state index contributed by atoms with van der Waals surface area (Å²) in [6.45, 7) is 3.11. The number of pyridine rings is 1. The van der Waals surface area contributed by atoms with Crippen molar-refractivity contribution in [3.63, 3.8) is 0 Å². The summed E-state index contributed by atoms with van der Waals surface area (Å²) < 4.78 is 5.41. The molecule has 2 saturated heterocycles. The van der Waals surface area contributed by atoms with Gasteiger partial charge in [-0.1, -0.05) is 12.1 Å². The van der Waals surface area contributed by atoms with Crippen LogP contribution in [0.1, 0.15) is 41.8 Å². The number of hydrogen-bond donors (Lipinski definition) is 3. The normalized spacial score (nSPS) is 23.0. The molecule has 1 amide bonds. The number of benzene rings is 1. The molecule has 0 bridgehead atoms. The van der Waals surface area contributed by atoms with Crippen LogP contribution in [0, 0.1) is 23.7 Å². The van der Waals surface area contributed by atoms with E-state index in [9.17, 15) is 10.1 Å². The molecule has 0 unspecified atom stereocenters. The lowest BCUT2D eigenvalue weighted by Gasteiger charge is -2.51. The number of amides is 1. The van der Waals surface area contributed by atoms with Crippen LogP contribution in [0.5, 0.6) is 0 Å². The Kier molecular flexibility index (Phi) is 4.63. The van der Waals surface area contributed by atoms with E-state index in [1.54, 1.807) is 4.90 Å². The minimum absolute atomic E-state index is 0.00540. The van der Waals surface area contributed by atoms with Gasteiger partial charge in [0.2, 0.25) is 5.91 Å². The minimum Gasteiger partial charge on any atom is -0.381 e. The second-order valence-electron chi connectivity index (χ2n) is 8.43. The fourth-order valence-electron chi connectivity index (χ4n) is 4.92. The van der Waals surface area contributed by atoms with Gasteiger partial charge in [-0.15, -0.1) is 0 Å². The van der Waals surface area contributed by atoms with Gasteiger partial charge in [0, 0.05) is 37.1 Å². The van der Waals surface area contributed by atoms with Crippen LogP contribution in [0.15, 0.2) is 30.3 Å². The first kappa shape index (κ1) is 19.5. The van der Waals surface area contributed by atoms with Gasteiger partial charge in [0.25, 0.3) is 0 Å². The van der Waals surface area contributed by atoms with Gasteiger partial charge in [0.1, 0.15) is 6.07 Å². The van der Waals surface area contributed by atoms with E-state index in [1.165, 1.54) is 0 Å². The second kappa shape index (κ2) is 7.36. The largest absolute Gasteiger partial charge is 0.381 e. The number of rotatable bonds is 3. The number of nitrogens with one attached hydrogen (secondary N) is 3. The molecule has 5 rings (SSSR count). The van der Waals surface area contributed by atoms with Crippen molar-refractivity contribution in [2.24, 2.45) is 0 Å². The zero-order valence-electron chi connectivity index (χ0n) is 17.4. The molecule has 3 N–H and O–H groups in total. The van der Waals surface area contributed by atoms with Crippen molar-refractivity contribution < 1.29 is 9.53 Å². The molecule has 3 heterocycles. The van der Waals surface area contributed by atoms with Crippen LogP contribution in [0.3, 0.4) is 0 Å². The van der Waals surface area contributed by atoms with Crippen molar-refractivity contribution in [2.75, 3.05) is 18.5 Å². The predicted molar refractivity (Wildman–Crippen MR) is 115 cm³/mol. The predicted octanol–water partition coefficient (Wildman–Crippen LogP) is 2.69. The maximum atomic E-state index is 13.1. The van der Waals surface area contributed by atoms with E-state index < -0.39 is 5.54 Å². The van der Waals surface area contributed by atoms with Gasteiger partial charge < -0.3 is 15.4 Å². The van der Waals surface area contributed by atoms with E-state index in [-0.39, 0.29) is 17.9 Å². The Bertz CT molecular complexity index is 1100. The first-order chi connectivity index (χ1) is 15.0. The van der Waals surface area contributed by atoms with Crippen molar-refractivity contribution in [3.8, 4) is 6.07 Å². The summed E-state index contributed by atoms with van der Waals surface area (Å²) in [5, 5.41) is 24.6. The molecule has 1 aliphatic carbocycles. The molecule has 31 heavy (non-hydrogen) atoms. The van der Waals surface area contributed by atoms with Crippen LogP contribution in [-0.2, 0) is 21.5 Å². The monoisotopic (exact) mass is 416 g/mol. The van der Waals surface area contributed by atoms with Crippen LogP contribution in [0.2, 0.25) is 0 Å². The lowest BCUT2D eigenvalue weighted by molar-refractivity contribution is -0.134. The highest BCUT2D eigenvalue weighted by molar-refractivity contribution is 6.00. The number of hydrogen-bond acceptors (Lipinski definition) is 6. The molecule has 1 aromatic carbocycles. The third kappa shape index (κ3) is 3.22. The minimum atomic E-state index is -0.535. The molecule has 2 fully saturated rings. The number of ether oxygens (including phenoxy) is 1. The Hall–Kier alpha value is -3.44. The number of fused-ring (bicyclic) bond motifs is 2. The maximum Gasteiger partial charge on any atom is 0.232 e. The summed E-state index contributed by atoms with van der Waals surface area (Å²) in [6, 6.07) is 11.8. The molecule has 0 radical (unpaired) electrons. The Morgan fingerprint density at radius 3 is 2.81 bits per heavy atom. The average molecular weight is 416 g/mol. The number of anilines is 2. The fourth-order valence-corrected chi connectivity index (χ4v) is 4.92. The lowest BCUT2D eigenvalue weighted by atomic mass is 9.67. The van der Waals surface area contributed by atoms with Crippen LogP contribution in [0.4, 0.5) is 11.4 Å². The van der Waals surface area contributed by atoms with Crippen LogP contribution >= 0.6 is 0 Å². The second-order valence-corrected chi connectivity index (χ2v) is 8.43. The van der Waals surface area contributed by atoms with E-state index in [1.807, 2.05) is 37.3 Å². The Morgan fingerprint density at radius 1 is 1.26 bits per heavy atom. The fraction of sp³-hybridized carbons (Fsp3) is 0.391. The molecule has 158 valence electrons. The molecule has 0 saturated carbocycles. The highest BCUT2D eigenvalue weighted by Gasteiger charge is 2.51. The van der Waals surface area contributed by atoms with Gasteiger partial charge in [-0.2, -0.15) is 5.26 Å². The maximum absolute atomic E-state index is 13.1. The van der Waals surface area contributed by atoms with Gasteiger partial charge in [-0.25, -0.2) is 4.98 Å². The summed E-state index contributed by atoms with van der Waals surface area (Å²) in [7, 11) is 0. The first-order valence-corrected chi connectivity index (χ1v) is 10.5. The van der Waals surface area contributed by atoms with Crippen molar-refractivity contribution >= 4 is 23.2 Å². The number of carbonyl (C=O) groups is 1. The summed E-state index contributed by atoms with van der Waals surface area (Å²) in [4.78, 5) is 19.0. The van der Waals surface area contributed by atoms with E-state index in [4.69, 9.17) is 10.1 Å². The topological polar surface area (TPSA) is 114 Å². The van der Waals surface area contributed by atoms with E-state index in [0.717, 1.165) is 35.3 Å². The van der Waals surface area contributed by atoms with Crippen molar-refractivity contribution in [1.82, 2.24) is 15.2 Å². The average Bonchev–Trinajstić information content (AvgIpc) is 2.75. The molecule has 8 heteroatoms. The summed E-state index contributed by atoms with van der Waals surface area (Å²) >= 11 is 0. The van der Waals surface area contributed by atoms with Crippen molar-refractivity contribution in [2.45, 2.75) is 44.2 Å². The van der Waals surface area contributed by atoms with E-state index in [2.05, 4.69) is 21.7 Å². The standard InChI is InChI=1S/C23H24N6O2/c1-14-5-6-19(20(13-24)26-14)27-18-4-2-3-17-16(18)11-23(17)12-21(30)29(22(25)28-23)15-7-9-31-10-8-15/h2-6,15,27H,7-12H2,1H3,(H2,25,28)/t23-/m0/s1. The van der Waals surface area contributed by atoms with Crippen molar-refractivity contribution in [1.29, 1.82) is 10.7 Å². The summed E-state index contributed by atoms with van der Waals surface area (Å²) in [6.07, 6.45) is 2.50. The molecule has 1 spiro atoms. The van der Waals surface area contributed by atoms with Crippen LogP contribution in [0.25, 0.3) is 0 Å². The van der Waals surface area contributed by atoms with Crippen LogP contribution < -0.4 is 10.6 Å². The molecule has 2 aromatic rings. The first-order valence-electron chi connectivity index (χ1n) is 10.5. The zero-order chi connectivity index (χ0) is 21.6. The lowest BCUT2D eigenvalue weighted by Crippen LogP contribution is -2.66. The molecule has 8 nitrogen and oxygen atoms in total. The SMILES string of the molecule is Cc1ccc(Nc2cccc3c2C[C@]32CC(=O)N(C3CCOCC3)C(=N)N2)c(C#N)n1. The van der Waals surface area contributed by atoms with Gasteiger partial charge in [0.15, 0.2) is 11.7 Å². The third-order valence-electron chi connectivity index (χ3n) is 6.46. The number of nitrogens with zero attached hydrogens (tertiary/aromatic N) is 3. The molecular formula is C23H24N6O2. The quantitative estimate of drug-likeness (QED) is 0.709. The highest BCUT2D eigenvalue weighted by atomic mass is 16.5. The molecule has 1 atom stereocenters. The van der Waals surface area contributed by atoms with Gasteiger partial charge in [-0.05, 0) is 49.1 Å². The number of aromatic nitrogens is 1. The van der Waals surface area contributed by atoms with Crippen molar-refractivity contribution in [3.05, 3.63) is 52.8 Å². The van der Waals surface area contributed by atoms with Crippen LogP contribution in [-0.4, -0.2) is 41.0 Å². The smallest absolute Gasteiger partial charge is 0.232 e. The molecule has 2 aliphatic heterocycles. The Labute approximate surface area is 180 Å². The zero-order valence-corrected chi connectivity index (χ0v) is 17.4. The summed E-state index contributed by atoms with van der Waals surface area (Å²) in [5.41, 5.74) is 4.30. The Balaban J connectivity index is 1.39. The summed E-state index contributed by atoms with van der Waals surface area (Å²) in [5.74, 6) is 0.177. The number of guanidine groups is 1. The Morgan fingerprint density at radius 2 is 2.06 bits per heavy atom. The molecule has 1 aromatic heterocycles. The van der Waals surface area contributed by atoms with E-state index >= 15 is 0 Å². The van der Waals surface area contributed by atoms with Gasteiger partial charge >= 0.3 is 0 Å².